The molecule has 2 aromatic rings. The zero-order valence-electron chi connectivity index (χ0n) is 29.2. The van der Waals surface area contributed by atoms with Gasteiger partial charge in [-0.05, 0) is 12.8 Å². The molecule has 268 valence electrons. The SMILES string of the molecule is C=CC(=O)OC(COCC(CCCC)OC)COc1cc(OC)c(OCC(COCC(CCCC)OC)OC(=O)C=C)c2ccccc12. The van der Waals surface area contributed by atoms with Gasteiger partial charge in [-0.2, -0.15) is 0 Å². The number of hydrogen-bond donors (Lipinski definition) is 0. The van der Waals surface area contributed by atoms with Gasteiger partial charge in [-0.1, -0.05) is 77.0 Å². The van der Waals surface area contributed by atoms with Crippen LogP contribution in [0.15, 0.2) is 55.6 Å². The number of hydrogen-bond acceptors (Lipinski definition) is 11. The normalized spacial score (nSPS) is 13.6. The van der Waals surface area contributed by atoms with Gasteiger partial charge in [-0.15, -0.1) is 0 Å². The molecule has 11 nitrogen and oxygen atoms in total. The summed E-state index contributed by atoms with van der Waals surface area (Å²) in [6, 6.07) is 9.20. The second-order valence-corrected chi connectivity index (χ2v) is 11.2. The van der Waals surface area contributed by atoms with Crippen molar-refractivity contribution < 1.29 is 52.2 Å². The van der Waals surface area contributed by atoms with Gasteiger partial charge in [0.2, 0.25) is 0 Å². The quantitative estimate of drug-likeness (QED) is 0.0791. The van der Waals surface area contributed by atoms with Crippen LogP contribution in [0.1, 0.15) is 52.4 Å². The molecule has 0 spiro atoms. The van der Waals surface area contributed by atoms with Crippen molar-refractivity contribution in [2.45, 2.75) is 76.8 Å². The summed E-state index contributed by atoms with van der Waals surface area (Å²) in [4.78, 5) is 24.2. The lowest BCUT2D eigenvalue weighted by molar-refractivity contribution is -0.149. The number of methoxy groups -OCH3 is 3. The van der Waals surface area contributed by atoms with Gasteiger partial charge in [-0.3, -0.25) is 0 Å². The lowest BCUT2D eigenvalue weighted by Gasteiger charge is -2.23. The summed E-state index contributed by atoms with van der Waals surface area (Å²) < 4.78 is 52.0. The summed E-state index contributed by atoms with van der Waals surface area (Å²) >= 11 is 0. The van der Waals surface area contributed by atoms with E-state index in [1.165, 1.54) is 7.11 Å². The van der Waals surface area contributed by atoms with Crippen molar-refractivity contribution in [3.05, 3.63) is 55.6 Å². The molecule has 11 heteroatoms. The van der Waals surface area contributed by atoms with Gasteiger partial charge in [0.1, 0.15) is 19.0 Å². The molecule has 0 radical (unpaired) electrons. The zero-order chi connectivity index (χ0) is 35.1. The molecule has 0 aliphatic rings. The Morgan fingerprint density at radius 3 is 1.60 bits per heavy atom. The zero-order valence-corrected chi connectivity index (χ0v) is 29.2. The highest BCUT2D eigenvalue weighted by atomic mass is 16.6. The van der Waals surface area contributed by atoms with E-state index in [1.807, 2.05) is 24.3 Å². The minimum atomic E-state index is -0.724. The van der Waals surface area contributed by atoms with Crippen LogP contribution in [0.25, 0.3) is 10.8 Å². The van der Waals surface area contributed by atoms with Crippen LogP contribution in [0.2, 0.25) is 0 Å². The van der Waals surface area contributed by atoms with Crippen molar-refractivity contribution in [1.29, 1.82) is 0 Å². The van der Waals surface area contributed by atoms with Crippen LogP contribution in [0.3, 0.4) is 0 Å². The second kappa shape index (κ2) is 23.6. The van der Waals surface area contributed by atoms with E-state index < -0.39 is 24.1 Å². The monoisotopic (exact) mass is 674 g/mol. The fraction of sp³-hybridized carbons (Fsp3) is 0.568. The fourth-order valence-electron chi connectivity index (χ4n) is 4.79. The van der Waals surface area contributed by atoms with Gasteiger partial charge in [0.25, 0.3) is 0 Å². The number of benzene rings is 2. The Labute approximate surface area is 285 Å². The number of carbonyl (C=O) groups excluding carboxylic acids is 2. The molecule has 0 aliphatic heterocycles. The number of ether oxygens (including phenoxy) is 9. The van der Waals surface area contributed by atoms with Crippen LogP contribution >= 0.6 is 0 Å². The minimum absolute atomic E-state index is 0.00953. The Kier molecular flexibility index (Phi) is 20.0. The Morgan fingerprint density at radius 1 is 0.667 bits per heavy atom. The first kappa shape index (κ1) is 40.5. The van der Waals surface area contributed by atoms with Crippen molar-refractivity contribution in [1.82, 2.24) is 0 Å². The smallest absolute Gasteiger partial charge is 0.330 e. The first-order valence-electron chi connectivity index (χ1n) is 16.6. The number of fused-ring (bicyclic) bond motifs is 1. The first-order valence-corrected chi connectivity index (χ1v) is 16.6. The van der Waals surface area contributed by atoms with Crippen molar-refractivity contribution in [3.8, 4) is 17.2 Å². The maximum atomic E-state index is 12.1. The third-order valence-electron chi connectivity index (χ3n) is 7.52. The maximum absolute atomic E-state index is 12.1. The molecule has 2 rings (SSSR count). The molecule has 0 N–H and O–H groups in total. The molecule has 48 heavy (non-hydrogen) atoms. The molecule has 0 heterocycles. The molecular weight excluding hydrogens is 620 g/mol. The van der Waals surface area contributed by atoms with Crippen LogP contribution in [0.5, 0.6) is 17.2 Å². The molecule has 0 saturated heterocycles. The lowest BCUT2D eigenvalue weighted by Crippen LogP contribution is -2.31. The molecule has 0 saturated carbocycles. The van der Waals surface area contributed by atoms with Crippen molar-refractivity contribution in [2.24, 2.45) is 0 Å². The molecule has 0 bridgehead atoms. The van der Waals surface area contributed by atoms with E-state index in [2.05, 4.69) is 27.0 Å². The minimum Gasteiger partial charge on any atom is -0.493 e. The van der Waals surface area contributed by atoms with E-state index in [-0.39, 0.29) is 38.6 Å². The summed E-state index contributed by atoms with van der Waals surface area (Å²) in [6.07, 6.45) is 6.56. The second-order valence-electron chi connectivity index (χ2n) is 11.2. The van der Waals surface area contributed by atoms with Crippen molar-refractivity contribution >= 4 is 22.7 Å². The first-order chi connectivity index (χ1) is 23.3. The molecule has 4 atom stereocenters. The van der Waals surface area contributed by atoms with Crippen molar-refractivity contribution in [3.63, 3.8) is 0 Å². The summed E-state index contributed by atoms with van der Waals surface area (Å²) in [5, 5.41) is 1.44. The highest BCUT2D eigenvalue weighted by Gasteiger charge is 2.22. The number of rotatable bonds is 27. The third kappa shape index (κ3) is 14.2. The largest absolute Gasteiger partial charge is 0.493 e. The summed E-state index contributed by atoms with van der Waals surface area (Å²) in [5.41, 5.74) is 0. The van der Waals surface area contributed by atoms with E-state index in [0.29, 0.717) is 35.8 Å². The molecular formula is C37H54O11. The van der Waals surface area contributed by atoms with Crippen LogP contribution in [0.4, 0.5) is 0 Å². The summed E-state index contributed by atoms with van der Waals surface area (Å²) in [5.74, 6) is 0.155. The standard InChI is InChI=1S/C37H54O11/c1-8-12-16-27(40-5)21-43-23-29(47-35(38)10-3)25-45-33-20-34(42-7)37(32-19-15-14-18-31(32)33)46-26-30(48-36(39)11-4)24-44-22-28(41-6)17-13-9-2/h10-11,14-15,18-20,27-30H,3-4,8-9,12-13,16-17,21-26H2,1-2,5-7H3. The Morgan fingerprint density at radius 2 is 1.15 bits per heavy atom. The number of esters is 2. The lowest BCUT2D eigenvalue weighted by atomic mass is 10.1. The average molecular weight is 675 g/mol. The van der Waals surface area contributed by atoms with Gasteiger partial charge in [-0.25, -0.2) is 9.59 Å². The Hall–Kier alpha value is -3.64. The predicted molar refractivity (Wildman–Crippen MR) is 184 cm³/mol. The average Bonchev–Trinajstić information content (AvgIpc) is 3.11. The van der Waals surface area contributed by atoms with Crippen LogP contribution in [-0.2, 0) is 38.0 Å². The topological polar surface area (TPSA) is 117 Å². The van der Waals surface area contributed by atoms with E-state index >= 15 is 0 Å². The third-order valence-corrected chi connectivity index (χ3v) is 7.52. The highest BCUT2D eigenvalue weighted by molar-refractivity contribution is 5.95. The highest BCUT2D eigenvalue weighted by Crippen LogP contribution is 2.41. The summed E-state index contributed by atoms with van der Waals surface area (Å²) in [7, 11) is 4.83. The molecule has 0 fully saturated rings. The molecule has 2 aromatic carbocycles. The van der Waals surface area contributed by atoms with E-state index in [0.717, 1.165) is 56.1 Å². The van der Waals surface area contributed by atoms with Gasteiger partial charge in [0.15, 0.2) is 23.7 Å². The summed E-state index contributed by atoms with van der Waals surface area (Å²) in [6.45, 7) is 12.2. The van der Waals surface area contributed by atoms with Gasteiger partial charge >= 0.3 is 11.9 Å². The van der Waals surface area contributed by atoms with Crippen LogP contribution < -0.4 is 14.2 Å². The van der Waals surface area contributed by atoms with Gasteiger partial charge in [0, 0.05) is 43.2 Å². The van der Waals surface area contributed by atoms with Gasteiger partial charge < -0.3 is 42.6 Å². The van der Waals surface area contributed by atoms with E-state index in [4.69, 9.17) is 42.6 Å². The Bertz CT molecular complexity index is 1250. The molecule has 4 unspecified atom stereocenters. The number of carbonyl (C=O) groups is 2. The van der Waals surface area contributed by atoms with Gasteiger partial charge in [0.05, 0.1) is 45.7 Å². The fourth-order valence-corrected chi connectivity index (χ4v) is 4.79. The molecule has 0 aromatic heterocycles. The number of unbranched alkanes of at least 4 members (excludes halogenated alkanes) is 2. The molecule has 0 amide bonds. The van der Waals surface area contributed by atoms with Crippen molar-refractivity contribution in [2.75, 3.05) is 61.0 Å². The Balaban J connectivity index is 2.21. The predicted octanol–water partition coefficient (Wildman–Crippen LogP) is 6.25. The molecule has 0 aliphatic carbocycles. The van der Waals surface area contributed by atoms with E-state index in [1.54, 1.807) is 20.3 Å². The van der Waals surface area contributed by atoms with Crippen LogP contribution in [-0.4, -0.2) is 97.3 Å². The van der Waals surface area contributed by atoms with Crippen LogP contribution in [0, 0.1) is 0 Å². The van der Waals surface area contributed by atoms with E-state index in [9.17, 15) is 9.59 Å². The maximum Gasteiger partial charge on any atom is 0.330 e.